The van der Waals surface area contributed by atoms with Crippen LogP contribution in [0.4, 0.5) is 0 Å². The summed E-state index contributed by atoms with van der Waals surface area (Å²) in [5, 5.41) is 4.36. The molecular weight excluding hydrogens is 388 g/mol. The van der Waals surface area contributed by atoms with Crippen LogP contribution in [0.1, 0.15) is 62.8 Å². The molecule has 0 amide bonds. The van der Waals surface area contributed by atoms with E-state index in [-0.39, 0.29) is 0 Å². The second-order valence-electron chi connectivity index (χ2n) is 10.3. The Hall–Kier alpha value is -1.83. The normalized spacial score (nSPS) is 33.3. The number of sulfonamides is 1. The number of ether oxygens (including phenoxy) is 1. The van der Waals surface area contributed by atoms with Crippen LogP contribution in [-0.2, 0) is 10.0 Å². The number of hydrogen-bond donors (Lipinski definition) is 1. The minimum atomic E-state index is -3.38. The number of pyridine rings is 1. The standard InChI is InChI=1S/C21H29N4O3S/c1-29(26,27)23-25-13-24-11-18(17-2-3-17)19(7-20(24)22-25)28-12-21-8-14-4-15(9-21)6-16(5-14)10-21/h7,11,13-17,23H,2-6,8-10,12H2,1H3/q+1. The van der Waals surface area contributed by atoms with E-state index in [1.165, 1.54) is 61.7 Å². The van der Waals surface area contributed by atoms with Crippen molar-refractivity contribution in [2.24, 2.45) is 23.2 Å². The molecule has 1 N–H and O–H groups in total. The summed E-state index contributed by atoms with van der Waals surface area (Å²) in [5.74, 6) is 4.24. The fraction of sp³-hybridized carbons (Fsp3) is 0.714. The molecule has 0 aliphatic heterocycles. The first-order valence-corrected chi connectivity index (χ1v) is 12.8. The van der Waals surface area contributed by atoms with E-state index in [1.807, 2.05) is 10.5 Å². The Balaban J connectivity index is 1.28. The van der Waals surface area contributed by atoms with Gasteiger partial charge in [-0.2, -0.15) is 0 Å². The van der Waals surface area contributed by atoms with Crippen LogP contribution in [0.2, 0.25) is 0 Å². The van der Waals surface area contributed by atoms with E-state index in [0.717, 1.165) is 36.4 Å². The molecule has 7 nitrogen and oxygen atoms in total. The van der Waals surface area contributed by atoms with Crippen LogP contribution in [0.5, 0.6) is 5.75 Å². The molecule has 0 radical (unpaired) electrons. The molecule has 5 saturated carbocycles. The smallest absolute Gasteiger partial charge is 0.312 e. The molecule has 2 heterocycles. The third kappa shape index (κ3) is 3.39. The minimum absolute atomic E-state index is 0.370. The molecule has 156 valence electrons. The summed E-state index contributed by atoms with van der Waals surface area (Å²) in [6, 6.07) is 1.98. The van der Waals surface area contributed by atoms with E-state index >= 15 is 0 Å². The average Bonchev–Trinajstić information content (AvgIpc) is 3.38. The molecule has 0 unspecified atom stereocenters. The summed E-state index contributed by atoms with van der Waals surface area (Å²) in [6.07, 6.45) is 15.6. The fourth-order valence-electron chi connectivity index (χ4n) is 6.72. The third-order valence-corrected chi connectivity index (χ3v) is 8.03. The van der Waals surface area contributed by atoms with Gasteiger partial charge < -0.3 is 4.74 Å². The minimum Gasteiger partial charge on any atom is -0.492 e. The van der Waals surface area contributed by atoms with E-state index in [4.69, 9.17) is 4.74 Å². The molecule has 0 aromatic carbocycles. The second-order valence-corrected chi connectivity index (χ2v) is 12.0. The first kappa shape index (κ1) is 18.0. The lowest BCUT2D eigenvalue weighted by molar-refractivity contribution is -0.513. The van der Waals surface area contributed by atoms with Crippen molar-refractivity contribution in [3.05, 3.63) is 24.2 Å². The van der Waals surface area contributed by atoms with Gasteiger partial charge in [0.1, 0.15) is 5.75 Å². The number of aromatic nitrogens is 3. The zero-order chi connectivity index (χ0) is 19.8. The van der Waals surface area contributed by atoms with Crippen molar-refractivity contribution in [2.75, 3.05) is 17.7 Å². The lowest BCUT2D eigenvalue weighted by Crippen LogP contribution is -2.48. The lowest BCUT2D eigenvalue weighted by Gasteiger charge is -2.56. The van der Waals surface area contributed by atoms with E-state index in [9.17, 15) is 8.42 Å². The number of hydrogen-bond acceptors (Lipinski definition) is 4. The van der Waals surface area contributed by atoms with Crippen LogP contribution in [0.25, 0.3) is 5.65 Å². The first-order valence-electron chi connectivity index (χ1n) is 10.9. The van der Waals surface area contributed by atoms with Crippen LogP contribution in [0.15, 0.2) is 18.6 Å². The summed E-state index contributed by atoms with van der Waals surface area (Å²) >= 11 is 0. The third-order valence-electron chi connectivity index (χ3n) is 7.51. The summed E-state index contributed by atoms with van der Waals surface area (Å²) in [6.45, 7) is 0.814. The SMILES string of the molecule is CS(=O)(=O)Nn1c[n+]2cc(C3CC3)c(OCC34CC5CC(CC(C5)C3)C4)cc2n1. The molecule has 2 aromatic rings. The van der Waals surface area contributed by atoms with E-state index < -0.39 is 10.0 Å². The van der Waals surface area contributed by atoms with Crippen molar-refractivity contribution in [1.82, 2.24) is 9.89 Å². The Labute approximate surface area is 171 Å². The molecule has 7 rings (SSSR count). The van der Waals surface area contributed by atoms with Crippen molar-refractivity contribution < 1.29 is 17.6 Å². The van der Waals surface area contributed by atoms with Crippen LogP contribution in [-0.4, -0.2) is 31.2 Å². The molecule has 5 aliphatic carbocycles. The molecule has 29 heavy (non-hydrogen) atoms. The van der Waals surface area contributed by atoms with Crippen molar-refractivity contribution in [3.8, 4) is 5.75 Å². The summed E-state index contributed by atoms with van der Waals surface area (Å²) in [7, 11) is -3.38. The Morgan fingerprint density at radius 1 is 1.21 bits per heavy atom. The van der Waals surface area contributed by atoms with Gasteiger partial charge in [0.05, 0.1) is 30.2 Å². The Morgan fingerprint density at radius 2 is 1.86 bits per heavy atom. The summed E-state index contributed by atoms with van der Waals surface area (Å²) in [4.78, 5) is 3.65. The maximum Gasteiger partial charge on any atom is 0.312 e. The predicted molar refractivity (Wildman–Crippen MR) is 108 cm³/mol. The highest BCUT2D eigenvalue weighted by Crippen LogP contribution is 2.60. The Morgan fingerprint density at radius 3 is 2.45 bits per heavy atom. The maximum atomic E-state index is 11.5. The van der Waals surface area contributed by atoms with Crippen LogP contribution in [0, 0.1) is 23.2 Å². The van der Waals surface area contributed by atoms with Crippen LogP contribution < -0.4 is 14.0 Å². The summed E-state index contributed by atoms with van der Waals surface area (Å²) in [5.41, 5.74) is 2.28. The largest absolute Gasteiger partial charge is 0.492 e. The first-order chi connectivity index (χ1) is 13.8. The highest BCUT2D eigenvalue weighted by molar-refractivity contribution is 7.91. The fourth-order valence-corrected chi connectivity index (χ4v) is 7.15. The molecule has 5 fully saturated rings. The average molecular weight is 418 g/mol. The molecule has 2 aromatic heterocycles. The summed E-state index contributed by atoms with van der Waals surface area (Å²) < 4.78 is 31.5. The van der Waals surface area contributed by atoms with E-state index in [0.29, 0.717) is 17.0 Å². The number of nitrogens with zero attached hydrogens (tertiary/aromatic N) is 3. The molecule has 0 atom stereocenters. The van der Waals surface area contributed by atoms with Gasteiger partial charge in [-0.05, 0) is 79.8 Å². The van der Waals surface area contributed by atoms with Crippen molar-refractivity contribution in [3.63, 3.8) is 0 Å². The quantitative estimate of drug-likeness (QED) is 0.733. The molecule has 0 spiro atoms. The predicted octanol–water partition coefficient (Wildman–Crippen LogP) is 2.60. The van der Waals surface area contributed by atoms with Crippen molar-refractivity contribution in [2.45, 2.75) is 57.3 Å². The van der Waals surface area contributed by atoms with Gasteiger partial charge >= 0.3 is 5.65 Å². The highest BCUT2D eigenvalue weighted by atomic mass is 32.2. The molecular formula is C21H29N4O3S+. The Bertz CT molecular complexity index is 1040. The van der Waals surface area contributed by atoms with E-state index in [1.54, 1.807) is 6.33 Å². The van der Waals surface area contributed by atoms with Crippen molar-refractivity contribution >= 4 is 15.7 Å². The molecule has 0 saturated heterocycles. The number of nitrogens with one attached hydrogen (secondary N) is 1. The van der Waals surface area contributed by atoms with Gasteiger partial charge in [-0.15, -0.1) is 4.83 Å². The van der Waals surface area contributed by atoms with Crippen molar-refractivity contribution in [1.29, 1.82) is 0 Å². The number of rotatable bonds is 6. The monoisotopic (exact) mass is 417 g/mol. The lowest BCUT2D eigenvalue weighted by atomic mass is 9.50. The molecule has 5 aliphatic rings. The van der Waals surface area contributed by atoms with E-state index in [2.05, 4.69) is 16.1 Å². The Kier molecular flexibility index (Phi) is 3.78. The number of fused-ring (bicyclic) bond motifs is 1. The van der Waals surface area contributed by atoms with Gasteiger partial charge in [-0.3, -0.25) is 0 Å². The maximum absolute atomic E-state index is 11.5. The van der Waals surface area contributed by atoms with Crippen LogP contribution in [0.3, 0.4) is 0 Å². The zero-order valence-corrected chi connectivity index (χ0v) is 17.7. The van der Waals surface area contributed by atoms with Gasteiger partial charge in [0.25, 0.3) is 16.4 Å². The van der Waals surface area contributed by atoms with Gasteiger partial charge in [0.2, 0.25) is 0 Å². The zero-order valence-electron chi connectivity index (χ0n) is 16.9. The second kappa shape index (κ2) is 6.09. The topological polar surface area (TPSA) is 77.3 Å². The van der Waals surface area contributed by atoms with Gasteiger partial charge in [0.15, 0.2) is 0 Å². The van der Waals surface area contributed by atoms with Gasteiger partial charge in [0, 0.05) is 11.0 Å². The van der Waals surface area contributed by atoms with Crippen LogP contribution >= 0.6 is 0 Å². The molecule has 8 heteroatoms. The molecule has 4 bridgehead atoms. The highest BCUT2D eigenvalue weighted by Gasteiger charge is 2.51. The van der Waals surface area contributed by atoms with Gasteiger partial charge in [-0.25, -0.2) is 12.8 Å². The van der Waals surface area contributed by atoms with Gasteiger partial charge in [-0.1, -0.05) is 0 Å².